The number of carbonyl (C=O) groups is 3. The van der Waals surface area contributed by atoms with Gasteiger partial charge in [0.05, 0.1) is 37.4 Å². The molecular weight excluding hydrogens is 368 g/mol. The molecule has 1 aromatic carbocycles. The van der Waals surface area contributed by atoms with E-state index in [1.165, 1.54) is 4.90 Å². The maximum Gasteiger partial charge on any atom is 0.279 e. The van der Waals surface area contributed by atoms with Gasteiger partial charge < -0.3 is 20.4 Å². The highest BCUT2D eigenvalue weighted by Gasteiger charge is 2.35. The molecule has 4 rings (SSSR count). The zero-order valence-corrected chi connectivity index (χ0v) is 16.9. The Balaban J connectivity index is 1.28. The number of para-hydroxylation sites is 1. The van der Waals surface area contributed by atoms with Crippen LogP contribution in [-0.4, -0.2) is 61.4 Å². The number of amides is 3. The summed E-state index contributed by atoms with van der Waals surface area (Å²) in [6.45, 7) is 3.37. The van der Waals surface area contributed by atoms with Crippen LogP contribution >= 0.6 is 0 Å². The normalized spacial score (nSPS) is 20.5. The Kier molecular flexibility index (Phi) is 6.13. The van der Waals surface area contributed by atoms with Crippen LogP contribution in [0.5, 0.6) is 0 Å². The number of nitrogens with one attached hydrogen (secondary N) is 3. The summed E-state index contributed by atoms with van der Waals surface area (Å²) in [7, 11) is 0. The summed E-state index contributed by atoms with van der Waals surface area (Å²) in [5.74, 6) is 0.331. The number of piperazine rings is 1. The average Bonchev–Trinajstić information content (AvgIpc) is 3.45. The van der Waals surface area contributed by atoms with Crippen molar-refractivity contribution in [2.45, 2.75) is 44.6 Å². The van der Waals surface area contributed by atoms with Gasteiger partial charge in [-0.25, -0.2) is 0 Å². The van der Waals surface area contributed by atoms with Crippen LogP contribution in [0.25, 0.3) is 0 Å². The lowest BCUT2D eigenvalue weighted by Gasteiger charge is -2.32. The van der Waals surface area contributed by atoms with E-state index in [0.29, 0.717) is 17.8 Å². The van der Waals surface area contributed by atoms with Gasteiger partial charge in [-0.05, 0) is 37.8 Å². The van der Waals surface area contributed by atoms with Crippen LogP contribution in [0.4, 0.5) is 5.69 Å². The second-order valence-corrected chi connectivity index (χ2v) is 8.57. The second kappa shape index (κ2) is 8.95. The van der Waals surface area contributed by atoms with Crippen molar-refractivity contribution in [1.82, 2.24) is 10.2 Å². The van der Waals surface area contributed by atoms with Gasteiger partial charge in [0.15, 0.2) is 6.54 Å². The van der Waals surface area contributed by atoms with Crippen LogP contribution in [-0.2, 0) is 9.59 Å². The van der Waals surface area contributed by atoms with Crippen LogP contribution < -0.4 is 15.5 Å². The van der Waals surface area contributed by atoms with Gasteiger partial charge in [-0.2, -0.15) is 0 Å². The van der Waals surface area contributed by atoms with Gasteiger partial charge in [0, 0.05) is 12.0 Å². The Morgan fingerprint density at radius 1 is 1.00 bits per heavy atom. The van der Waals surface area contributed by atoms with Gasteiger partial charge in [-0.3, -0.25) is 14.4 Å². The summed E-state index contributed by atoms with van der Waals surface area (Å²) >= 11 is 0. The van der Waals surface area contributed by atoms with Gasteiger partial charge >= 0.3 is 0 Å². The lowest BCUT2D eigenvalue weighted by molar-refractivity contribution is -0.895. The summed E-state index contributed by atoms with van der Waals surface area (Å²) in [5.41, 5.74) is 1.08. The molecule has 1 aromatic rings. The summed E-state index contributed by atoms with van der Waals surface area (Å²) in [4.78, 5) is 40.5. The Morgan fingerprint density at radius 2 is 1.69 bits per heavy atom. The first-order chi connectivity index (χ1) is 14.1. The van der Waals surface area contributed by atoms with E-state index < -0.39 is 0 Å². The Labute approximate surface area is 171 Å². The van der Waals surface area contributed by atoms with E-state index in [2.05, 4.69) is 10.6 Å². The number of nitrogens with zero attached hydrogens (tertiary/aromatic N) is 1. The second-order valence-electron chi connectivity index (χ2n) is 8.57. The van der Waals surface area contributed by atoms with Crippen LogP contribution in [0, 0.1) is 5.92 Å². The van der Waals surface area contributed by atoms with Crippen LogP contribution in [0.15, 0.2) is 24.3 Å². The molecule has 1 aliphatic heterocycles. The third-order valence-electron chi connectivity index (χ3n) is 6.26. The third kappa shape index (κ3) is 5.15. The molecule has 1 saturated heterocycles. The zero-order chi connectivity index (χ0) is 20.2. The van der Waals surface area contributed by atoms with Crippen molar-refractivity contribution in [2.24, 2.45) is 5.92 Å². The summed E-state index contributed by atoms with van der Waals surface area (Å²) in [5, 5.41) is 6.01. The fourth-order valence-corrected chi connectivity index (χ4v) is 4.35. The number of anilines is 1. The van der Waals surface area contributed by atoms with E-state index in [1.54, 1.807) is 12.1 Å². The van der Waals surface area contributed by atoms with E-state index in [0.717, 1.165) is 64.7 Å². The first-order valence-corrected chi connectivity index (χ1v) is 10.9. The minimum Gasteiger partial charge on any atom is -0.349 e. The third-order valence-corrected chi connectivity index (χ3v) is 6.26. The van der Waals surface area contributed by atoms with Crippen molar-refractivity contribution in [3.63, 3.8) is 0 Å². The lowest BCUT2D eigenvalue weighted by Crippen LogP contribution is -3.15. The zero-order valence-electron chi connectivity index (χ0n) is 16.9. The smallest absolute Gasteiger partial charge is 0.279 e. The number of quaternary nitrogens is 1. The van der Waals surface area contributed by atoms with Crippen LogP contribution in [0.1, 0.15) is 48.9 Å². The Hall–Kier alpha value is -2.41. The monoisotopic (exact) mass is 399 g/mol. The van der Waals surface area contributed by atoms with Crippen molar-refractivity contribution < 1.29 is 19.3 Å². The molecule has 0 radical (unpaired) electrons. The molecule has 0 spiro atoms. The number of hydrogen-bond acceptors (Lipinski definition) is 3. The van der Waals surface area contributed by atoms with E-state index in [9.17, 15) is 14.4 Å². The minimum atomic E-state index is -0.118. The van der Waals surface area contributed by atoms with Crippen molar-refractivity contribution in [3.8, 4) is 0 Å². The molecule has 0 aromatic heterocycles. The molecule has 3 fully saturated rings. The van der Waals surface area contributed by atoms with Crippen molar-refractivity contribution in [3.05, 3.63) is 29.8 Å². The molecule has 0 atom stereocenters. The average molecular weight is 400 g/mol. The standard InChI is InChI=1S/C22H30N4O3/c27-20(15-25-11-13-26(14-12-25)22(29)16-9-10-16)24-19-8-4-3-7-18(19)21(28)23-17-5-1-2-6-17/h3-4,7-8,16-17H,1-2,5-6,9-15H2,(H,23,28)(H,24,27)/p+1. The van der Waals surface area contributed by atoms with Gasteiger partial charge in [-0.1, -0.05) is 25.0 Å². The van der Waals surface area contributed by atoms with Gasteiger partial charge in [0.25, 0.3) is 11.8 Å². The molecule has 3 N–H and O–H groups in total. The minimum absolute atomic E-state index is 0.0944. The predicted octanol–water partition coefficient (Wildman–Crippen LogP) is 0.435. The van der Waals surface area contributed by atoms with E-state index in [-0.39, 0.29) is 29.7 Å². The molecule has 0 unspecified atom stereocenters. The topological polar surface area (TPSA) is 83.0 Å². The highest BCUT2D eigenvalue weighted by molar-refractivity contribution is 6.04. The van der Waals surface area contributed by atoms with Crippen molar-refractivity contribution >= 4 is 23.4 Å². The van der Waals surface area contributed by atoms with Gasteiger partial charge in [-0.15, -0.1) is 0 Å². The quantitative estimate of drug-likeness (QED) is 0.649. The van der Waals surface area contributed by atoms with E-state index >= 15 is 0 Å². The van der Waals surface area contributed by atoms with Gasteiger partial charge in [0.1, 0.15) is 0 Å². The maximum absolute atomic E-state index is 12.6. The fraction of sp³-hybridized carbons (Fsp3) is 0.591. The first kappa shape index (κ1) is 19.9. The molecule has 29 heavy (non-hydrogen) atoms. The van der Waals surface area contributed by atoms with E-state index in [4.69, 9.17) is 0 Å². The largest absolute Gasteiger partial charge is 0.349 e. The van der Waals surface area contributed by atoms with Crippen molar-refractivity contribution in [1.29, 1.82) is 0 Å². The Bertz CT molecular complexity index is 763. The number of benzene rings is 1. The summed E-state index contributed by atoms with van der Waals surface area (Å²) in [6, 6.07) is 7.43. The highest BCUT2D eigenvalue weighted by Crippen LogP contribution is 2.30. The first-order valence-electron chi connectivity index (χ1n) is 10.9. The SMILES string of the molecule is O=C(C[NH+]1CCN(C(=O)C2CC2)CC1)Nc1ccccc1C(=O)NC1CCCC1. The Morgan fingerprint density at radius 3 is 2.38 bits per heavy atom. The molecule has 1 heterocycles. The molecule has 3 aliphatic rings. The molecular formula is C22H31N4O3+. The van der Waals surface area contributed by atoms with E-state index in [1.807, 2.05) is 17.0 Å². The number of carbonyl (C=O) groups excluding carboxylic acids is 3. The molecule has 7 heteroatoms. The molecule has 2 aliphatic carbocycles. The molecule has 3 amide bonds. The maximum atomic E-state index is 12.6. The fourth-order valence-electron chi connectivity index (χ4n) is 4.35. The van der Waals surface area contributed by atoms with Gasteiger partial charge in [0.2, 0.25) is 5.91 Å². The highest BCUT2D eigenvalue weighted by atomic mass is 16.2. The summed E-state index contributed by atoms with van der Waals surface area (Å²) in [6.07, 6.45) is 6.43. The molecule has 7 nitrogen and oxygen atoms in total. The lowest BCUT2D eigenvalue weighted by atomic mass is 10.1. The van der Waals surface area contributed by atoms with Crippen LogP contribution in [0.2, 0.25) is 0 Å². The number of hydrogen-bond donors (Lipinski definition) is 3. The molecule has 0 bridgehead atoms. The predicted molar refractivity (Wildman–Crippen MR) is 110 cm³/mol. The van der Waals surface area contributed by atoms with Crippen molar-refractivity contribution in [2.75, 3.05) is 38.0 Å². The molecule has 2 saturated carbocycles. The van der Waals surface area contributed by atoms with Crippen LogP contribution in [0.3, 0.4) is 0 Å². The molecule has 156 valence electrons. The number of rotatable bonds is 6. The summed E-state index contributed by atoms with van der Waals surface area (Å²) < 4.78 is 0.